The van der Waals surface area contributed by atoms with Crippen LogP contribution in [0.25, 0.3) is 10.7 Å². The summed E-state index contributed by atoms with van der Waals surface area (Å²) in [6.45, 7) is 9.43. The molecule has 2 aromatic heterocycles. The molecule has 0 saturated heterocycles. The average Bonchev–Trinajstić information content (AvgIpc) is 2.93. The number of nitrogens with one attached hydrogen (secondary N) is 1. The van der Waals surface area contributed by atoms with Gasteiger partial charge in [0, 0.05) is 12.5 Å². The van der Waals surface area contributed by atoms with E-state index in [4.69, 9.17) is 17.2 Å². The quantitative estimate of drug-likeness (QED) is 0.843. The van der Waals surface area contributed by atoms with Crippen molar-refractivity contribution in [2.24, 2.45) is 0 Å². The third-order valence-electron chi connectivity index (χ3n) is 2.97. The molecule has 0 aromatic carbocycles. The summed E-state index contributed by atoms with van der Waals surface area (Å²) in [7, 11) is 0. The fraction of sp³-hybridized carbons (Fsp3) is 0.615. The van der Waals surface area contributed by atoms with E-state index in [1.807, 2.05) is 4.57 Å². The fourth-order valence-electron chi connectivity index (χ4n) is 1.98. The van der Waals surface area contributed by atoms with Gasteiger partial charge in [-0.3, -0.25) is 9.67 Å². The highest BCUT2D eigenvalue weighted by Crippen LogP contribution is 2.33. The van der Waals surface area contributed by atoms with Crippen LogP contribution in [0.15, 0.2) is 0 Å². The maximum Gasteiger partial charge on any atom is 0.195 e. The molecule has 0 aliphatic heterocycles. The van der Waals surface area contributed by atoms with Crippen molar-refractivity contribution in [3.05, 3.63) is 15.5 Å². The molecule has 0 aliphatic rings. The predicted octanol–water partition coefficient (Wildman–Crippen LogP) is 4.16. The number of hydrogen-bond donors (Lipinski definition) is 1. The highest BCUT2D eigenvalue weighted by atomic mass is 32.1. The topological polar surface area (TPSA) is 46.5 Å². The van der Waals surface area contributed by atoms with Crippen LogP contribution in [0.4, 0.5) is 0 Å². The van der Waals surface area contributed by atoms with Gasteiger partial charge < -0.3 is 0 Å². The van der Waals surface area contributed by atoms with Crippen molar-refractivity contribution in [3.8, 4) is 10.7 Å². The van der Waals surface area contributed by atoms with E-state index in [0.717, 1.165) is 30.9 Å². The molecule has 0 bridgehead atoms. The monoisotopic (exact) mass is 296 g/mol. The van der Waals surface area contributed by atoms with E-state index in [-0.39, 0.29) is 0 Å². The summed E-state index contributed by atoms with van der Waals surface area (Å²) in [6, 6.07) is 0. The Hall–Kier alpha value is -1.01. The van der Waals surface area contributed by atoms with Crippen molar-refractivity contribution in [3.63, 3.8) is 0 Å². The van der Waals surface area contributed by atoms with Crippen LogP contribution in [0.1, 0.15) is 50.7 Å². The number of aromatic nitrogens is 4. The molecule has 2 rings (SSSR count). The van der Waals surface area contributed by atoms with E-state index in [2.05, 4.69) is 37.9 Å². The van der Waals surface area contributed by atoms with E-state index < -0.39 is 0 Å². The largest absolute Gasteiger partial charge is 0.300 e. The summed E-state index contributed by atoms with van der Waals surface area (Å²) in [5.41, 5.74) is 1.15. The van der Waals surface area contributed by atoms with Crippen molar-refractivity contribution >= 4 is 23.6 Å². The maximum atomic E-state index is 5.27. The van der Waals surface area contributed by atoms with E-state index in [9.17, 15) is 0 Å². The summed E-state index contributed by atoms with van der Waals surface area (Å²) in [4.78, 5) is 5.94. The Morgan fingerprint density at radius 1 is 1.37 bits per heavy atom. The van der Waals surface area contributed by atoms with Gasteiger partial charge in [-0.25, -0.2) is 4.98 Å². The molecule has 2 aromatic rings. The summed E-state index contributed by atoms with van der Waals surface area (Å²) in [5.74, 6) is 1.38. The van der Waals surface area contributed by atoms with Crippen LogP contribution in [-0.2, 0) is 13.0 Å². The highest BCUT2D eigenvalue weighted by molar-refractivity contribution is 7.71. The van der Waals surface area contributed by atoms with Gasteiger partial charge in [-0.1, -0.05) is 27.2 Å². The van der Waals surface area contributed by atoms with Gasteiger partial charge in [-0.05, 0) is 25.6 Å². The van der Waals surface area contributed by atoms with Gasteiger partial charge in [0.2, 0.25) is 0 Å². The first-order chi connectivity index (χ1) is 9.08. The molecule has 0 atom stereocenters. The van der Waals surface area contributed by atoms with E-state index in [0.29, 0.717) is 10.7 Å². The second-order valence-corrected chi connectivity index (χ2v) is 6.25. The SMILES string of the molecule is CCCc1nc(C(C)C)sc1-c1n[nH]c(=S)n1CC. The smallest absolute Gasteiger partial charge is 0.195 e. The summed E-state index contributed by atoms with van der Waals surface area (Å²) in [6.07, 6.45) is 2.08. The lowest BCUT2D eigenvalue weighted by Gasteiger charge is -2.02. The standard InChI is InChI=1S/C13H20N4S2/c1-5-7-9-10(19-12(14-9)8(3)4)11-15-16-13(18)17(11)6-2/h8H,5-7H2,1-4H3,(H,16,18). The number of H-pyrrole nitrogens is 1. The molecule has 0 saturated carbocycles. The van der Waals surface area contributed by atoms with E-state index in [1.54, 1.807) is 11.3 Å². The first-order valence-electron chi connectivity index (χ1n) is 6.73. The zero-order valence-corrected chi connectivity index (χ0v) is 13.5. The molecule has 6 heteroatoms. The van der Waals surface area contributed by atoms with Gasteiger partial charge >= 0.3 is 0 Å². The third-order valence-corrected chi connectivity index (χ3v) is 4.68. The Morgan fingerprint density at radius 3 is 2.68 bits per heavy atom. The Balaban J connectivity index is 2.56. The second-order valence-electron chi connectivity index (χ2n) is 4.83. The molecule has 0 radical (unpaired) electrons. The number of nitrogens with zero attached hydrogens (tertiary/aromatic N) is 3. The second kappa shape index (κ2) is 5.96. The van der Waals surface area contributed by atoms with Crippen LogP contribution in [0.5, 0.6) is 0 Å². The minimum atomic E-state index is 0.450. The van der Waals surface area contributed by atoms with Gasteiger partial charge in [-0.15, -0.1) is 11.3 Å². The summed E-state index contributed by atoms with van der Waals surface area (Å²) in [5, 5.41) is 8.45. The third kappa shape index (κ3) is 2.79. The molecule has 0 fully saturated rings. The lowest BCUT2D eigenvalue weighted by Crippen LogP contribution is -1.98. The van der Waals surface area contributed by atoms with Gasteiger partial charge in [0.25, 0.3) is 0 Å². The molecule has 0 unspecified atom stereocenters. The van der Waals surface area contributed by atoms with Crippen molar-refractivity contribution in [1.29, 1.82) is 0 Å². The Morgan fingerprint density at radius 2 is 2.11 bits per heavy atom. The fourth-order valence-corrected chi connectivity index (χ4v) is 3.36. The molecule has 104 valence electrons. The van der Waals surface area contributed by atoms with Crippen LogP contribution in [-0.4, -0.2) is 19.7 Å². The van der Waals surface area contributed by atoms with Gasteiger partial charge in [0.1, 0.15) is 0 Å². The molecule has 0 aliphatic carbocycles. The maximum absolute atomic E-state index is 5.27. The van der Waals surface area contributed by atoms with Crippen LogP contribution in [0.3, 0.4) is 0 Å². The molecule has 2 heterocycles. The number of aromatic amines is 1. The van der Waals surface area contributed by atoms with Crippen LogP contribution in [0, 0.1) is 4.77 Å². The number of thiazole rings is 1. The Bertz CT molecular complexity index is 606. The molecule has 0 amide bonds. The molecular weight excluding hydrogens is 276 g/mol. The highest BCUT2D eigenvalue weighted by Gasteiger charge is 2.18. The lowest BCUT2D eigenvalue weighted by atomic mass is 10.2. The van der Waals surface area contributed by atoms with Crippen LogP contribution < -0.4 is 0 Å². The molecular formula is C13H20N4S2. The molecule has 19 heavy (non-hydrogen) atoms. The zero-order chi connectivity index (χ0) is 14.0. The summed E-state index contributed by atoms with van der Waals surface area (Å²) < 4.78 is 2.71. The predicted molar refractivity (Wildman–Crippen MR) is 82.3 cm³/mol. The normalized spacial score (nSPS) is 11.4. The van der Waals surface area contributed by atoms with Crippen LogP contribution >= 0.6 is 23.6 Å². The first-order valence-corrected chi connectivity index (χ1v) is 7.96. The van der Waals surface area contributed by atoms with Crippen molar-refractivity contribution < 1.29 is 0 Å². The number of rotatable bonds is 5. The first kappa shape index (κ1) is 14.4. The zero-order valence-electron chi connectivity index (χ0n) is 11.9. The Labute approximate surface area is 122 Å². The van der Waals surface area contributed by atoms with Crippen LogP contribution in [0.2, 0.25) is 0 Å². The minimum absolute atomic E-state index is 0.450. The minimum Gasteiger partial charge on any atom is -0.300 e. The van der Waals surface area contributed by atoms with Crippen molar-refractivity contribution in [2.75, 3.05) is 0 Å². The van der Waals surface area contributed by atoms with E-state index >= 15 is 0 Å². The van der Waals surface area contributed by atoms with Gasteiger partial charge in [0.05, 0.1) is 15.6 Å². The van der Waals surface area contributed by atoms with Crippen molar-refractivity contribution in [2.45, 2.75) is 53.0 Å². The lowest BCUT2D eigenvalue weighted by molar-refractivity contribution is 0.754. The molecule has 0 spiro atoms. The average molecular weight is 296 g/mol. The number of hydrogen-bond acceptors (Lipinski definition) is 4. The number of aryl methyl sites for hydroxylation is 1. The molecule has 4 nitrogen and oxygen atoms in total. The van der Waals surface area contributed by atoms with Gasteiger partial charge in [0.15, 0.2) is 10.6 Å². The Kier molecular flexibility index (Phi) is 4.52. The molecule has 1 N–H and O–H groups in total. The summed E-state index contributed by atoms with van der Waals surface area (Å²) >= 11 is 7.01. The van der Waals surface area contributed by atoms with Gasteiger partial charge in [-0.2, -0.15) is 5.10 Å². The van der Waals surface area contributed by atoms with E-state index in [1.165, 1.54) is 9.88 Å². The van der Waals surface area contributed by atoms with Crippen molar-refractivity contribution in [1.82, 2.24) is 19.7 Å².